The second kappa shape index (κ2) is 8.32. The van der Waals surface area contributed by atoms with Crippen molar-refractivity contribution in [2.24, 2.45) is 0 Å². The van der Waals surface area contributed by atoms with Crippen LogP contribution in [0.25, 0.3) is 0 Å². The van der Waals surface area contributed by atoms with Gasteiger partial charge in [-0.15, -0.1) is 5.10 Å². The van der Waals surface area contributed by atoms with Crippen molar-refractivity contribution in [2.45, 2.75) is 37.5 Å². The molecule has 1 unspecified atom stereocenters. The lowest BCUT2D eigenvalue weighted by Gasteiger charge is -2.17. The van der Waals surface area contributed by atoms with Crippen molar-refractivity contribution in [3.05, 3.63) is 80.4 Å². The SMILES string of the molecule is O=c1[nH]c(=O)n([C@@H]2O[C@H](CO)C(O)[C@@H]2O)cc1Cn1cc(Cc2ccccc2)nn1. The van der Waals surface area contributed by atoms with Gasteiger partial charge in [-0.3, -0.25) is 14.3 Å². The standard InChI is InChI=1S/C19H21N5O6/c25-10-14-15(26)16(27)18(30-14)24-8-12(17(28)20-19(24)29)7-23-9-13(21-22-23)6-11-4-2-1-3-5-11/h1-5,8-9,14-16,18,25-27H,6-7,10H2,(H,20,28,29)/t14-,15?,16+,18-/m1/s1. The quantitative estimate of drug-likeness (QED) is 0.374. The largest absolute Gasteiger partial charge is 0.394 e. The summed E-state index contributed by atoms with van der Waals surface area (Å²) in [5, 5.41) is 37.4. The van der Waals surface area contributed by atoms with Crippen LogP contribution < -0.4 is 11.2 Å². The van der Waals surface area contributed by atoms with Gasteiger partial charge in [-0.2, -0.15) is 0 Å². The Morgan fingerprint density at radius 1 is 1.10 bits per heavy atom. The smallest absolute Gasteiger partial charge is 0.330 e. The van der Waals surface area contributed by atoms with Crippen LogP contribution >= 0.6 is 0 Å². The molecule has 0 amide bonds. The van der Waals surface area contributed by atoms with E-state index in [0.29, 0.717) is 6.42 Å². The molecule has 11 heteroatoms. The van der Waals surface area contributed by atoms with E-state index >= 15 is 0 Å². The first kappa shape index (κ1) is 20.2. The summed E-state index contributed by atoms with van der Waals surface area (Å²) in [7, 11) is 0. The molecule has 4 rings (SSSR count). The Labute approximate surface area is 169 Å². The van der Waals surface area contributed by atoms with Crippen LogP contribution in [0.1, 0.15) is 23.0 Å². The van der Waals surface area contributed by atoms with Gasteiger partial charge in [0.15, 0.2) is 6.23 Å². The molecule has 1 saturated heterocycles. The molecule has 4 N–H and O–H groups in total. The monoisotopic (exact) mass is 415 g/mol. The number of H-pyrrole nitrogens is 1. The molecule has 11 nitrogen and oxygen atoms in total. The Kier molecular flexibility index (Phi) is 5.59. The fourth-order valence-electron chi connectivity index (χ4n) is 3.41. The number of ether oxygens (including phenoxy) is 1. The van der Waals surface area contributed by atoms with Crippen molar-refractivity contribution in [3.8, 4) is 0 Å². The highest BCUT2D eigenvalue weighted by molar-refractivity contribution is 5.20. The zero-order valence-electron chi connectivity index (χ0n) is 15.8. The van der Waals surface area contributed by atoms with E-state index in [9.17, 15) is 24.9 Å². The lowest BCUT2D eigenvalue weighted by atomic mass is 10.1. The van der Waals surface area contributed by atoms with Crippen LogP contribution in [0.4, 0.5) is 0 Å². The first-order valence-corrected chi connectivity index (χ1v) is 9.36. The molecule has 1 aliphatic rings. The molecule has 1 aliphatic heterocycles. The molecule has 4 atom stereocenters. The van der Waals surface area contributed by atoms with Crippen molar-refractivity contribution in [3.63, 3.8) is 0 Å². The Hall–Kier alpha value is -3.12. The highest BCUT2D eigenvalue weighted by atomic mass is 16.6. The van der Waals surface area contributed by atoms with Gasteiger partial charge in [-0.25, -0.2) is 9.48 Å². The van der Waals surface area contributed by atoms with Crippen LogP contribution in [0.3, 0.4) is 0 Å². The van der Waals surface area contributed by atoms with Gasteiger partial charge in [0.05, 0.1) is 24.4 Å². The maximum absolute atomic E-state index is 12.3. The number of aliphatic hydroxyl groups is 3. The maximum atomic E-state index is 12.3. The lowest BCUT2D eigenvalue weighted by Crippen LogP contribution is -2.39. The topological polar surface area (TPSA) is 155 Å². The van der Waals surface area contributed by atoms with E-state index in [2.05, 4.69) is 15.3 Å². The fraction of sp³-hybridized carbons (Fsp3) is 0.368. The normalized spacial score (nSPS) is 23.7. The predicted octanol–water partition coefficient (Wildman–Crippen LogP) is -1.62. The van der Waals surface area contributed by atoms with Crippen LogP contribution in [0.15, 0.2) is 52.3 Å². The summed E-state index contributed by atoms with van der Waals surface area (Å²) in [6.45, 7) is -0.491. The Bertz CT molecular complexity index is 1120. The molecule has 0 spiro atoms. The molecular formula is C19H21N5O6. The zero-order chi connectivity index (χ0) is 21.3. The molecule has 0 radical (unpaired) electrons. The highest BCUT2D eigenvalue weighted by Crippen LogP contribution is 2.28. The molecule has 0 bridgehead atoms. The summed E-state index contributed by atoms with van der Waals surface area (Å²) < 4.78 is 7.83. The van der Waals surface area contributed by atoms with Gasteiger partial charge in [0.1, 0.15) is 18.3 Å². The first-order valence-electron chi connectivity index (χ1n) is 9.36. The lowest BCUT2D eigenvalue weighted by molar-refractivity contribution is -0.0551. The second-order valence-corrected chi connectivity index (χ2v) is 7.12. The number of nitrogens with zero attached hydrogens (tertiary/aromatic N) is 4. The van der Waals surface area contributed by atoms with E-state index in [0.717, 1.165) is 15.8 Å². The van der Waals surface area contributed by atoms with E-state index in [4.69, 9.17) is 4.74 Å². The predicted molar refractivity (Wildman–Crippen MR) is 103 cm³/mol. The van der Waals surface area contributed by atoms with Crippen LogP contribution in [0, 0.1) is 0 Å². The van der Waals surface area contributed by atoms with E-state index in [-0.39, 0.29) is 12.1 Å². The summed E-state index contributed by atoms with van der Waals surface area (Å²) >= 11 is 0. The molecular weight excluding hydrogens is 394 g/mol. The Morgan fingerprint density at radius 3 is 2.57 bits per heavy atom. The van der Waals surface area contributed by atoms with Crippen LogP contribution in [0.2, 0.25) is 0 Å². The third-order valence-electron chi connectivity index (χ3n) is 4.98. The van der Waals surface area contributed by atoms with Gasteiger partial charge in [0.2, 0.25) is 0 Å². The summed E-state index contributed by atoms with van der Waals surface area (Å²) in [5.74, 6) is 0. The summed E-state index contributed by atoms with van der Waals surface area (Å²) in [6, 6.07) is 9.73. The molecule has 0 saturated carbocycles. The van der Waals surface area contributed by atoms with Gasteiger partial charge in [-0.05, 0) is 5.56 Å². The number of aromatic nitrogens is 5. The Balaban J connectivity index is 1.56. The summed E-state index contributed by atoms with van der Waals surface area (Å²) in [5.41, 5.74) is 0.559. The molecule has 0 aliphatic carbocycles. The number of hydrogen-bond donors (Lipinski definition) is 4. The first-order chi connectivity index (χ1) is 14.5. The maximum Gasteiger partial charge on any atom is 0.330 e. The average Bonchev–Trinajstić information content (AvgIpc) is 3.29. The fourth-order valence-corrected chi connectivity index (χ4v) is 3.41. The van der Waals surface area contributed by atoms with E-state index in [1.807, 2.05) is 30.3 Å². The zero-order valence-corrected chi connectivity index (χ0v) is 15.8. The van der Waals surface area contributed by atoms with Crippen LogP contribution in [-0.4, -0.2) is 64.8 Å². The number of rotatable bonds is 6. The van der Waals surface area contributed by atoms with Crippen molar-refractivity contribution in [2.75, 3.05) is 6.61 Å². The van der Waals surface area contributed by atoms with Gasteiger partial charge in [-0.1, -0.05) is 35.5 Å². The minimum Gasteiger partial charge on any atom is -0.394 e. The van der Waals surface area contributed by atoms with Crippen molar-refractivity contribution in [1.29, 1.82) is 0 Å². The molecule has 158 valence electrons. The number of aliphatic hydroxyl groups excluding tert-OH is 3. The molecule has 3 heterocycles. The Morgan fingerprint density at radius 2 is 1.87 bits per heavy atom. The van der Waals surface area contributed by atoms with Crippen LogP contribution in [-0.2, 0) is 17.7 Å². The van der Waals surface area contributed by atoms with Gasteiger partial charge < -0.3 is 20.1 Å². The average molecular weight is 415 g/mol. The highest BCUT2D eigenvalue weighted by Gasteiger charge is 2.43. The molecule has 1 aromatic carbocycles. The van der Waals surface area contributed by atoms with E-state index < -0.39 is 42.4 Å². The van der Waals surface area contributed by atoms with E-state index in [1.54, 1.807) is 6.20 Å². The van der Waals surface area contributed by atoms with Crippen LogP contribution in [0.5, 0.6) is 0 Å². The van der Waals surface area contributed by atoms with E-state index in [1.165, 1.54) is 10.9 Å². The number of nitrogens with one attached hydrogen (secondary N) is 1. The minimum atomic E-state index is -1.44. The van der Waals surface area contributed by atoms with Gasteiger partial charge in [0, 0.05) is 18.8 Å². The number of benzene rings is 1. The van der Waals surface area contributed by atoms with Gasteiger partial charge >= 0.3 is 5.69 Å². The molecule has 2 aromatic heterocycles. The van der Waals surface area contributed by atoms with Crippen molar-refractivity contribution >= 4 is 0 Å². The van der Waals surface area contributed by atoms with Gasteiger partial charge in [0.25, 0.3) is 5.56 Å². The summed E-state index contributed by atoms with van der Waals surface area (Å²) in [6.07, 6.45) is -1.55. The number of hydrogen-bond acceptors (Lipinski definition) is 8. The molecule has 3 aromatic rings. The molecule has 30 heavy (non-hydrogen) atoms. The second-order valence-electron chi connectivity index (χ2n) is 7.12. The number of aromatic amines is 1. The summed E-state index contributed by atoms with van der Waals surface area (Å²) in [4.78, 5) is 26.7. The van der Waals surface area contributed by atoms with Crippen molar-refractivity contribution in [1.82, 2.24) is 24.5 Å². The van der Waals surface area contributed by atoms with Crippen molar-refractivity contribution < 1.29 is 20.1 Å². The minimum absolute atomic E-state index is 0.0339. The third-order valence-corrected chi connectivity index (χ3v) is 4.98. The molecule has 1 fully saturated rings. The third kappa shape index (κ3) is 3.96.